The molecular weight excluding hydrogens is 318 g/mol. The largest absolute Gasteiger partial charge is 0.381 e. The number of ether oxygens (including phenoxy) is 1. The first-order chi connectivity index (χ1) is 8.59. The number of halogens is 2. The molecule has 1 aromatic rings. The molecule has 98 valence electrons. The highest BCUT2D eigenvalue weighted by atomic mass is 79.9. The fourth-order valence-corrected chi connectivity index (χ4v) is 2.63. The number of hydrogen-bond acceptors (Lipinski definition) is 2. The standard InChI is InChI=1S/C13H15BrClNO2/c1-8-7-18-6-5-9(8)13(17)16-11-4-2-3-10(15)12(11)14/h2-4,8-9H,5-7H2,1H3,(H,16,17). The lowest BCUT2D eigenvalue weighted by atomic mass is 9.89. The molecule has 1 amide bonds. The predicted octanol–water partition coefficient (Wildman–Crippen LogP) is 3.71. The van der Waals surface area contributed by atoms with E-state index in [2.05, 4.69) is 21.2 Å². The number of anilines is 1. The third-order valence-corrected chi connectivity index (χ3v) is 4.58. The predicted molar refractivity (Wildman–Crippen MR) is 75.9 cm³/mol. The molecule has 18 heavy (non-hydrogen) atoms. The summed E-state index contributed by atoms with van der Waals surface area (Å²) in [5, 5.41) is 3.52. The molecule has 5 heteroatoms. The van der Waals surface area contributed by atoms with Crippen LogP contribution in [0.25, 0.3) is 0 Å². The van der Waals surface area contributed by atoms with Gasteiger partial charge in [-0.3, -0.25) is 4.79 Å². The minimum absolute atomic E-state index is 0.00429. The highest BCUT2D eigenvalue weighted by Gasteiger charge is 2.28. The Morgan fingerprint density at radius 3 is 3.06 bits per heavy atom. The molecular formula is C13H15BrClNO2. The van der Waals surface area contributed by atoms with Crippen molar-refractivity contribution in [3.05, 3.63) is 27.7 Å². The average Bonchev–Trinajstić information content (AvgIpc) is 2.35. The molecule has 2 unspecified atom stereocenters. The van der Waals surface area contributed by atoms with Crippen molar-refractivity contribution in [3.8, 4) is 0 Å². The summed E-state index contributed by atoms with van der Waals surface area (Å²) in [5.41, 5.74) is 0.714. The van der Waals surface area contributed by atoms with E-state index in [1.165, 1.54) is 0 Å². The smallest absolute Gasteiger partial charge is 0.227 e. The van der Waals surface area contributed by atoms with Crippen LogP contribution in [0.1, 0.15) is 13.3 Å². The van der Waals surface area contributed by atoms with E-state index in [0.29, 0.717) is 23.9 Å². The van der Waals surface area contributed by atoms with Gasteiger partial charge in [-0.25, -0.2) is 0 Å². The zero-order valence-corrected chi connectivity index (χ0v) is 12.4. The molecule has 1 aliphatic rings. The molecule has 0 aromatic heterocycles. The van der Waals surface area contributed by atoms with Crippen LogP contribution in [0.5, 0.6) is 0 Å². The van der Waals surface area contributed by atoms with Gasteiger partial charge in [0.25, 0.3) is 0 Å². The van der Waals surface area contributed by atoms with E-state index in [1.54, 1.807) is 6.07 Å². The molecule has 1 N–H and O–H groups in total. The number of rotatable bonds is 2. The first-order valence-corrected chi connectivity index (χ1v) is 7.09. The fraction of sp³-hybridized carbons (Fsp3) is 0.462. The third kappa shape index (κ3) is 3.05. The topological polar surface area (TPSA) is 38.3 Å². The van der Waals surface area contributed by atoms with Crippen molar-refractivity contribution in [3.63, 3.8) is 0 Å². The molecule has 2 atom stereocenters. The molecule has 1 aliphatic heterocycles. The van der Waals surface area contributed by atoms with Gasteiger partial charge in [0.05, 0.1) is 15.2 Å². The first kappa shape index (κ1) is 13.8. The Balaban J connectivity index is 2.09. The zero-order valence-electron chi connectivity index (χ0n) is 10.1. The summed E-state index contributed by atoms with van der Waals surface area (Å²) in [6.45, 7) is 3.34. The summed E-state index contributed by atoms with van der Waals surface area (Å²) in [5.74, 6) is 0.287. The van der Waals surface area contributed by atoms with E-state index in [0.717, 1.165) is 10.9 Å². The van der Waals surface area contributed by atoms with Crippen LogP contribution in [-0.4, -0.2) is 19.1 Å². The van der Waals surface area contributed by atoms with Crippen LogP contribution in [0.15, 0.2) is 22.7 Å². The van der Waals surface area contributed by atoms with Crippen molar-refractivity contribution in [1.29, 1.82) is 0 Å². The van der Waals surface area contributed by atoms with E-state index in [4.69, 9.17) is 16.3 Å². The molecule has 2 rings (SSSR count). The van der Waals surface area contributed by atoms with Gasteiger partial charge >= 0.3 is 0 Å². The Kier molecular flexibility index (Phi) is 4.65. The van der Waals surface area contributed by atoms with Crippen LogP contribution >= 0.6 is 27.5 Å². The average molecular weight is 333 g/mol. The maximum atomic E-state index is 12.2. The van der Waals surface area contributed by atoms with Gasteiger partial charge in [0.2, 0.25) is 5.91 Å². The van der Waals surface area contributed by atoms with E-state index in [9.17, 15) is 4.79 Å². The molecule has 0 aliphatic carbocycles. The SMILES string of the molecule is CC1COCCC1C(=O)Nc1cccc(Cl)c1Br. The maximum absolute atomic E-state index is 12.2. The number of amides is 1. The van der Waals surface area contributed by atoms with Crippen LogP contribution in [0, 0.1) is 11.8 Å². The Morgan fingerprint density at radius 1 is 1.56 bits per heavy atom. The van der Waals surface area contributed by atoms with Crippen molar-refractivity contribution in [2.45, 2.75) is 13.3 Å². The van der Waals surface area contributed by atoms with Crippen molar-refractivity contribution < 1.29 is 9.53 Å². The van der Waals surface area contributed by atoms with Crippen molar-refractivity contribution >= 4 is 39.1 Å². The van der Waals surface area contributed by atoms with Crippen LogP contribution in [0.3, 0.4) is 0 Å². The third-order valence-electron chi connectivity index (χ3n) is 3.19. The number of carbonyl (C=O) groups excluding carboxylic acids is 1. The van der Waals surface area contributed by atoms with E-state index in [-0.39, 0.29) is 17.7 Å². The minimum atomic E-state index is 0.00429. The highest BCUT2D eigenvalue weighted by molar-refractivity contribution is 9.10. The Hall–Kier alpha value is -0.580. The maximum Gasteiger partial charge on any atom is 0.227 e. The monoisotopic (exact) mass is 331 g/mol. The lowest BCUT2D eigenvalue weighted by Crippen LogP contribution is -2.35. The van der Waals surface area contributed by atoms with Gasteiger partial charge in [0.1, 0.15) is 0 Å². The summed E-state index contributed by atoms with van der Waals surface area (Å²) in [4.78, 5) is 12.2. The number of carbonyl (C=O) groups is 1. The molecule has 0 radical (unpaired) electrons. The molecule has 1 aromatic carbocycles. The van der Waals surface area contributed by atoms with E-state index >= 15 is 0 Å². The fourth-order valence-electron chi connectivity index (χ4n) is 2.10. The van der Waals surface area contributed by atoms with Crippen molar-refractivity contribution in [1.82, 2.24) is 0 Å². The number of nitrogens with one attached hydrogen (secondary N) is 1. The second-order valence-corrected chi connectivity index (χ2v) is 5.74. The van der Waals surface area contributed by atoms with Crippen LogP contribution < -0.4 is 5.32 Å². The van der Waals surface area contributed by atoms with Crippen LogP contribution in [-0.2, 0) is 9.53 Å². The summed E-state index contributed by atoms with van der Waals surface area (Å²) in [6, 6.07) is 5.42. The summed E-state index contributed by atoms with van der Waals surface area (Å²) in [7, 11) is 0. The zero-order chi connectivity index (χ0) is 13.1. The van der Waals surface area contributed by atoms with Gasteiger partial charge in [-0.2, -0.15) is 0 Å². The lowest BCUT2D eigenvalue weighted by molar-refractivity contribution is -0.125. The Bertz CT molecular complexity index is 453. The van der Waals surface area contributed by atoms with Gasteiger partial charge in [0.15, 0.2) is 0 Å². The van der Waals surface area contributed by atoms with Crippen molar-refractivity contribution in [2.24, 2.45) is 11.8 Å². The second kappa shape index (κ2) is 6.04. The van der Waals surface area contributed by atoms with E-state index < -0.39 is 0 Å². The second-order valence-electron chi connectivity index (χ2n) is 4.54. The van der Waals surface area contributed by atoms with Gasteiger partial charge in [-0.15, -0.1) is 0 Å². The Labute approximate surface area is 120 Å². The molecule has 1 fully saturated rings. The molecule has 1 saturated heterocycles. The number of benzene rings is 1. The van der Waals surface area contributed by atoms with Crippen LogP contribution in [0.2, 0.25) is 5.02 Å². The summed E-state index contributed by atoms with van der Waals surface area (Å²) in [6.07, 6.45) is 0.769. The molecule has 0 saturated carbocycles. The van der Waals surface area contributed by atoms with Gasteiger partial charge in [0, 0.05) is 19.1 Å². The summed E-state index contributed by atoms with van der Waals surface area (Å²) >= 11 is 9.37. The van der Waals surface area contributed by atoms with Crippen molar-refractivity contribution in [2.75, 3.05) is 18.5 Å². The molecule has 0 bridgehead atoms. The molecule has 1 heterocycles. The normalized spacial score (nSPS) is 23.7. The molecule has 3 nitrogen and oxygen atoms in total. The highest BCUT2D eigenvalue weighted by Crippen LogP contribution is 2.31. The quantitative estimate of drug-likeness (QED) is 0.896. The number of hydrogen-bond donors (Lipinski definition) is 1. The van der Waals surface area contributed by atoms with E-state index in [1.807, 2.05) is 19.1 Å². The van der Waals surface area contributed by atoms with Gasteiger partial charge in [-0.05, 0) is 40.4 Å². The Morgan fingerprint density at radius 2 is 2.33 bits per heavy atom. The lowest BCUT2D eigenvalue weighted by Gasteiger charge is -2.27. The minimum Gasteiger partial charge on any atom is -0.381 e. The summed E-state index contributed by atoms with van der Waals surface area (Å²) < 4.78 is 6.07. The van der Waals surface area contributed by atoms with Crippen LogP contribution in [0.4, 0.5) is 5.69 Å². The molecule has 0 spiro atoms. The van der Waals surface area contributed by atoms with Gasteiger partial charge in [-0.1, -0.05) is 24.6 Å². The first-order valence-electron chi connectivity index (χ1n) is 5.92. The van der Waals surface area contributed by atoms with Gasteiger partial charge < -0.3 is 10.1 Å².